The van der Waals surface area contributed by atoms with Gasteiger partial charge in [0.2, 0.25) is 5.91 Å². The molecule has 0 aromatic heterocycles. The molecule has 0 unspecified atom stereocenters. The number of hydrogen-bond acceptors (Lipinski definition) is 3. The lowest BCUT2D eigenvalue weighted by Gasteiger charge is -2.38. The second-order valence-corrected chi connectivity index (χ2v) is 7.76. The Morgan fingerprint density at radius 2 is 1.81 bits per heavy atom. The summed E-state index contributed by atoms with van der Waals surface area (Å²) in [7, 11) is 0. The van der Waals surface area contributed by atoms with E-state index in [1.807, 2.05) is 0 Å². The van der Waals surface area contributed by atoms with Crippen molar-refractivity contribution < 1.29 is 27.5 Å². The van der Waals surface area contributed by atoms with E-state index < -0.39 is 28.8 Å². The minimum absolute atomic E-state index is 0.204. The Kier molecular flexibility index (Phi) is 4.20. The van der Waals surface area contributed by atoms with Crippen molar-refractivity contribution in [1.82, 2.24) is 4.90 Å². The zero-order valence-electron chi connectivity index (χ0n) is 14.9. The summed E-state index contributed by atoms with van der Waals surface area (Å²) >= 11 is 0. The highest BCUT2D eigenvalue weighted by atomic mass is 19.4. The van der Waals surface area contributed by atoms with Crippen molar-refractivity contribution in [2.24, 2.45) is 0 Å². The summed E-state index contributed by atoms with van der Waals surface area (Å²) in [4.78, 5) is 26.3. The van der Waals surface area contributed by atoms with Crippen molar-refractivity contribution in [3.63, 3.8) is 0 Å². The smallest absolute Gasteiger partial charge is 0.416 e. The molecule has 0 bridgehead atoms. The van der Waals surface area contributed by atoms with E-state index in [0.29, 0.717) is 31.5 Å². The Balaban J connectivity index is 1.80. The van der Waals surface area contributed by atoms with Crippen molar-refractivity contribution in [3.05, 3.63) is 29.3 Å². The number of anilines is 1. The van der Waals surface area contributed by atoms with Crippen molar-refractivity contribution in [3.8, 4) is 0 Å². The number of nitrogens with zero attached hydrogens (tertiary/aromatic N) is 1. The van der Waals surface area contributed by atoms with Crippen LogP contribution in [0.5, 0.6) is 0 Å². The lowest BCUT2D eigenvalue weighted by Crippen LogP contribution is -2.49. The molecule has 3 rings (SSSR count). The number of carbonyl (C=O) groups excluding carboxylic acids is 2. The number of piperidine rings is 1. The standard InChI is InChI=1S/C18H21F3N2O3/c1-16(2,3)26-15(25)23-8-6-17(7-9-23)12-5-4-11(18(19,20)21)10-13(12)22-14(17)24/h4-5,10H,6-9H2,1-3H3,(H,22,24). The first-order valence-corrected chi connectivity index (χ1v) is 8.43. The lowest BCUT2D eigenvalue weighted by atomic mass is 9.73. The van der Waals surface area contributed by atoms with Crippen molar-refractivity contribution in [2.75, 3.05) is 18.4 Å². The first-order valence-electron chi connectivity index (χ1n) is 8.43. The quantitative estimate of drug-likeness (QED) is 0.753. The van der Waals surface area contributed by atoms with Crippen LogP contribution >= 0.6 is 0 Å². The number of amides is 2. The van der Waals surface area contributed by atoms with Crippen LogP contribution in [0.15, 0.2) is 18.2 Å². The zero-order valence-corrected chi connectivity index (χ0v) is 14.9. The summed E-state index contributed by atoms with van der Waals surface area (Å²) < 4.78 is 44.0. The fourth-order valence-electron chi connectivity index (χ4n) is 3.50. The molecule has 26 heavy (non-hydrogen) atoms. The lowest BCUT2D eigenvalue weighted by molar-refractivity contribution is -0.137. The summed E-state index contributed by atoms with van der Waals surface area (Å²) in [6.07, 6.45) is -4.22. The van der Waals surface area contributed by atoms with E-state index in [4.69, 9.17) is 4.74 Å². The largest absolute Gasteiger partial charge is 0.444 e. The molecular weight excluding hydrogens is 349 g/mol. The number of ether oxygens (including phenoxy) is 1. The second-order valence-electron chi connectivity index (χ2n) is 7.76. The van der Waals surface area contributed by atoms with Gasteiger partial charge in [-0.25, -0.2) is 4.79 Å². The van der Waals surface area contributed by atoms with Crippen LogP contribution in [0, 0.1) is 0 Å². The SMILES string of the molecule is CC(C)(C)OC(=O)N1CCC2(CC1)C(=O)Nc1cc(C(F)(F)F)ccc12. The summed E-state index contributed by atoms with van der Waals surface area (Å²) in [6.45, 7) is 5.94. The molecule has 2 aliphatic heterocycles. The average Bonchev–Trinajstić information content (AvgIpc) is 2.77. The van der Waals surface area contributed by atoms with Crippen LogP contribution in [0.1, 0.15) is 44.7 Å². The molecule has 0 saturated carbocycles. The highest BCUT2D eigenvalue weighted by Gasteiger charge is 2.50. The fraction of sp³-hybridized carbons (Fsp3) is 0.556. The second kappa shape index (κ2) is 5.89. The van der Waals surface area contributed by atoms with Gasteiger partial charge in [-0.3, -0.25) is 4.79 Å². The topological polar surface area (TPSA) is 58.6 Å². The van der Waals surface area contributed by atoms with Gasteiger partial charge in [-0.15, -0.1) is 0 Å². The summed E-state index contributed by atoms with van der Waals surface area (Å²) in [5, 5.41) is 2.58. The van der Waals surface area contributed by atoms with Crippen molar-refractivity contribution in [2.45, 2.75) is 50.8 Å². The monoisotopic (exact) mass is 370 g/mol. The predicted octanol–water partition coefficient (Wildman–Crippen LogP) is 3.93. The van der Waals surface area contributed by atoms with E-state index in [0.717, 1.165) is 12.1 Å². The molecule has 2 aliphatic rings. The number of alkyl halides is 3. The molecule has 1 saturated heterocycles. The van der Waals surface area contributed by atoms with Gasteiger partial charge in [0.25, 0.3) is 0 Å². The van der Waals surface area contributed by atoms with Gasteiger partial charge in [0.05, 0.1) is 11.0 Å². The molecule has 1 N–H and O–H groups in total. The highest BCUT2D eigenvalue weighted by molar-refractivity contribution is 6.06. The number of rotatable bonds is 0. The molecule has 142 valence electrons. The van der Waals surface area contributed by atoms with Crippen molar-refractivity contribution >= 4 is 17.7 Å². The number of carbonyl (C=O) groups is 2. The number of hydrogen-bond donors (Lipinski definition) is 1. The summed E-state index contributed by atoms with van der Waals surface area (Å²) in [5.41, 5.74) is -1.52. The molecule has 1 fully saturated rings. The Hall–Kier alpha value is -2.25. The predicted molar refractivity (Wildman–Crippen MR) is 88.8 cm³/mol. The molecule has 0 radical (unpaired) electrons. The molecule has 1 aromatic carbocycles. The van der Waals surface area contributed by atoms with Gasteiger partial charge >= 0.3 is 12.3 Å². The number of nitrogens with one attached hydrogen (secondary N) is 1. The number of likely N-dealkylation sites (tertiary alicyclic amines) is 1. The highest BCUT2D eigenvalue weighted by Crippen LogP contribution is 2.46. The van der Waals surface area contributed by atoms with E-state index in [2.05, 4.69) is 5.32 Å². The number of fused-ring (bicyclic) bond motifs is 2. The normalized spacial score (nSPS) is 19.3. The summed E-state index contributed by atoms with van der Waals surface area (Å²) in [6, 6.07) is 3.35. The minimum atomic E-state index is -4.46. The average molecular weight is 370 g/mol. The van der Waals surface area contributed by atoms with E-state index in [9.17, 15) is 22.8 Å². The minimum Gasteiger partial charge on any atom is -0.444 e. The van der Waals surface area contributed by atoms with E-state index >= 15 is 0 Å². The van der Waals surface area contributed by atoms with E-state index in [-0.39, 0.29) is 11.6 Å². The maximum absolute atomic E-state index is 12.9. The summed E-state index contributed by atoms with van der Waals surface area (Å²) in [5.74, 6) is -0.310. The third kappa shape index (κ3) is 3.24. The number of benzene rings is 1. The zero-order chi connectivity index (χ0) is 19.3. The molecule has 5 nitrogen and oxygen atoms in total. The fourth-order valence-corrected chi connectivity index (χ4v) is 3.50. The number of halogens is 3. The molecule has 2 amide bonds. The van der Waals surface area contributed by atoms with Gasteiger partial charge in [0.1, 0.15) is 5.60 Å². The van der Waals surface area contributed by atoms with Gasteiger partial charge < -0.3 is 15.0 Å². The molecule has 1 spiro atoms. The third-order valence-electron chi connectivity index (χ3n) is 4.81. The molecular formula is C18H21F3N2O3. The first kappa shape index (κ1) is 18.5. The molecule has 0 aliphatic carbocycles. The van der Waals surface area contributed by atoms with Gasteiger partial charge in [-0.1, -0.05) is 6.07 Å². The maximum Gasteiger partial charge on any atom is 0.416 e. The molecule has 2 heterocycles. The van der Waals surface area contributed by atoms with Crippen molar-refractivity contribution in [1.29, 1.82) is 0 Å². The Morgan fingerprint density at radius 3 is 2.35 bits per heavy atom. The Bertz CT molecular complexity index is 745. The molecule has 1 aromatic rings. The van der Waals surface area contributed by atoms with Gasteiger partial charge in [-0.05, 0) is 51.3 Å². The molecule has 8 heteroatoms. The third-order valence-corrected chi connectivity index (χ3v) is 4.81. The van der Waals surface area contributed by atoms with E-state index in [1.165, 1.54) is 11.0 Å². The van der Waals surface area contributed by atoms with Crippen LogP contribution in [-0.4, -0.2) is 35.6 Å². The Labute approximate surface area is 149 Å². The van der Waals surface area contributed by atoms with Gasteiger partial charge in [0.15, 0.2) is 0 Å². The first-order chi connectivity index (χ1) is 11.9. The van der Waals surface area contributed by atoms with Crippen LogP contribution in [0.2, 0.25) is 0 Å². The van der Waals surface area contributed by atoms with Gasteiger partial charge in [0, 0.05) is 18.8 Å². The molecule has 0 atom stereocenters. The van der Waals surface area contributed by atoms with Crippen LogP contribution in [0.4, 0.5) is 23.7 Å². The van der Waals surface area contributed by atoms with Crippen LogP contribution in [0.25, 0.3) is 0 Å². The van der Waals surface area contributed by atoms with Gasteiger partial charge in [-0.2, -0.15) is 13.2 Å². The maximum atomic E-state index is 12.9. The Morgan fingerprint density at radius 1 is 1.19 bits per heavy atom. The van der Waals surface area contributed by atoms with Crippen LogP contribution < -0.4 is 5.32 Å². The van der Waals surface area contributed by atoms with E-state index in [1.54, 1.807) is 20.8 Å². The van der Waals surface area contributed by atoms with Crippen LogP contribution in [0.3, 0.4) is 0 Å². The van der Waals surface area contributed by atoms with Crippen LogP contribution in [-0.2, 0) is 21.1 Å².